The van der Waals surface area contributed by atoms with Crippen molar-refractivity contribution in [3.05, 3.63) is 82.7 Å². The third-order valence-corrected chi connectivity index (χ3v) is 6.31. The summed E-state index contributed by atoms with van der Waals surface area (Å²) in [6.07, 6.45) is 0. The number of halogens is 1. The number of aromatic nitrogens is 1. The molecule has 5 nitrogen and oxygen atoms in total. The molecule has 5 rings (SSSR count). The molecule has 5 aromatic rings. The third-order valence-electron chi connectivity index (χ3n) is 4.96. The molecule has 0 saturated carbocycles. The molecule has 0 bridgehead atoms. The predicted octanol–water partition coefficient (Wildman–Crippen LogP) is 6.61. The van der Waals surface area contributed by atoms with Crippen molar-refractivity contribution >= 4 is 49.3 Å². The average Bonchev–Trinajstić information content (AvgIpc) is 3.21. The van der Waals surface area contributed by atoms with Crippen molar-refractivity contribution in [2.75, 3.05) is 12.5 Å². The number of ether oxygens (including phenoxy) is 1. The summed E-state index contributed by atoms with van der Waals surface area (Å²) < 4.78 is 12.6. The summed E-state index contributed by atoms with van der Waals surface area (Å²) in [6.45, 7) is 1.95. The van der Waals surface area contributed by atoms with Crippen LogP contribution in [0.1, 0.15) is 5.56 Å². The van der Waals surface area contributed by atoms with Crippen LogP contribution in [0.5, 0.6) is 5.75 Å². The number of nitrogens with zero attached hydrogens (tertiary/aromatic N) is 2. The third kappa shape index (κ3) is 3.87. The van der Waals surface area contributed by atoms with Gasteiger partial charge >= 0.3 is 0 Å². The minimum atomic E-state index is 0.663. The van der Waals surface area contributed by atoms with Crippen LogP contribution in [0.25, 0.3) is 32.5 Å². The van der Waals surface area contributed by atoms with Crippen molar-refractivity contribution in [1.82, 2.24) is 4.98 Å². The van der Waals surface area contributed by atoms with Crippen LogP contribution in [-0.2, 0) is 0 Å². The van der Waals surface area contributed by atoms with Crippen LogP contribution >= 0.6 is 22.9 Å². The average molecular weight is 448 g/mol. The molecule has 2 aromatic heterocycles. The molecule has 0 atom stereocenters. The van der Waals surface area contributed by atoms with Gasteiger partial charge in [0.25, 0.3) is 0 Å². The van der Waals surface area contributed by atoms with Gasteiger partial charge in [0.05, 0.1) is 22.7 Å². The molecule has 1 N–H and O–H groups in total. The van der Waals surface area contributed by atoms with Gasteiger partial charge in [0.2, 0.25) is 5.13 Å². The molecule has 0 radical (unpaired) electrons. The Bertz CT molecular complexity index is 1440. The molecule has 154 valence electrons. The number of benzene rings is 3. The largest absolute Gasteiger partial charge is 0.497 e. The highest BCUT2D eigenvalue weighted by atomic mass is 35.5. The second-order valence-corrected chi connectivity index (χ2v) is 8.47. The SMILES string of the molecule is COc1ccc(-c2cc(=NNc3nc4ccccc4s3)c3cc(Cl)c(C)cc3o2)cc1. The van der Waals surface area contributed by atoms with E-state index in [-0.39, 0.29) is 0 Å². The van der Waals surface area contributed by atoms with Gasteiger partial charge in [0.15, 0.2) is 0 Å². The van der Waals surface area contributed by atoms with Crippen molar-refractivity contribution in [2.45, 2.75) is 6.92 Å². The highest BCUT2D eigenvalue weighted by molar-refractivity contribution is 7.22. The number of para-hydroxylation sites is 1. The lowest BCUT2D eigenvalue weighted by Crippen LogP contribution is -2.07. The normalized spacial score (nSPS) is 11.9. The summed E-state index contributed by atoms with van der Waals surface area (Å²) in [7, 11) is 1.65. The zero-order valence-electron chi connectivity index (χ0n) is 16.8. The molecule has 31 heavy (non-hydrogen) atoms. The van der Waals surface area contributed by atoms with Crippen LogP contribution < -0.4 is 15.5 Å². The summed E-state index contributed by atoms with van der Waals surface area (Å²) in [5.74, 6) is 1.48. The molecule has 3 aromatic carbocycles. The Hall–Kier alpha value is -3.35. The van der Waals surface area contributed by atoms with E-state index >= 15 is 0 Å². The Labute approximate surface area is 187 Å². The summed E-state index contributed by atoms with van der Waals surface area (Å²) in [5.41, 5.74) is 6.61. The number of fused-ring (bicyclic) bond motifs is 2. The molecule has 0 aliphatic heterocycles. The lowest BCUT2D eigenvalue weighted by molar-refractivity contribution is 0.415. The summed E-state index contributed by atoms with van der Waals surface area (Å²) in [5, 5.41) is 7.57. The predicted molar refractivity (Wildman–Crippen MR) is 127 cm³/mol. The van der Waals surface area contributed by atoms with Crippen LogP contribution in [0, 0.1) is 6.92 Å². The van der Waals surface area contributed by atoms with E-state index in [0.29, 0.717) is 21.7 Å². The highest BCUT2D eigenvalue weighted by Crippen LogP contribution is 2.28. The fourth-order valence-corrected chi connectivity index (χ4v) is 4.28. The zero-order chi connectivity index (χ0) is 21.4. The maximum atomic E-state index is 6.39. The molecular weight excluding hydrogens is 430 g/mol. The Morgan fingerprint density at radius 1 is 1.06 bits per heavy atom. The monoisotopic (exact) mass is 447 g/mol. The minimum absolute atomic E-state index is 0.663. The minimum Gasteiger partial charge on any atom is -0.497 e. The number of hydrogen-bond acceptors (Lipinski definition) is 6. The van der Waals surface area contributed by atoms with E-state index in [0.717, 1.165) is 37.6 Å². The number of anilines is 1. The second kappa shape index (κ2) is 8.06. The Morgan fingerprint density at radius 2 is 1.87 bits per heavy atom. The highest BCUT2D eigenvalue weighted by Gasteiger charge is 2.10. The number of methoxy groups -OCH3 is 1. The van der Waals surface area contributed by atoms with E-state index in [1.54, 1.807) is 18.4 Å². The second-order valence-electron chi connectivity index (χ2n) is 7.03. The molecule has 0 aliphatic carbocycles. The first kappa shape index (κ1) is 19.6. The van der Waals surface area contributed by atoms with E-state index in [2.05, 4.69) is 15.5 Å². The maximum Gasteiger partial charge on any atom is 0.204 e. The van der Waals surface area contributed by atoms with Gasteiger partial charge in [-0.3, -0.25) is 5.43 Å². The number of thiazole rings is 1. The van der Waals surface area contributed by atoms with E-state index in [4.69, 9.17) is 20.8 Å². The fraction of sp³-hybridized carbons (Fsp3) is 0.0833. The topological polar surface area (TPSA) is 59.6 Å². The molecular formula is C24H18ClN3O2S. The molecule has 0 spiro atoms. The maximum absolute atomic E-state index is 6.39. The smallest absolute Gasteiger partial charge is 0.204 e. The molecule has 0 unspecified atom stereocenters. The first-order chi connectivity index (χ1) is 15.1. The van der Waals surface area contributed by atoms with Crippen LogP contribution in [0.3, 0.4) is 0 Å². The lowest BCUT2D eigenvalue weighted by Gasteiger charge is -2.08. The standard InChI is InChI=1S/C24H18ClN3O2S/c1-14-11-22-17(12-18(14)25)20(13-21(30-22)15-7-9-16(29-2)10-8-15)27-28-24-26-19-5-3-4-6-23(19)31-24/h3-13H,1-2H3,(H,26,28). The van der Waals surface area contributed by atoms with Gasteiger partial charge in [-0.15, -0.1) is 0 Å². The van der Waals surface area contributed by atoms with Gasteiger partial charge in [-0.25, -0.2) is 4.98 Å². The first-order valence-corrected chi connectivity index (χ1v) is 10.8. The summed E-state index contributed by atoms with van der Waals surface area (Å²) in [4.78, 5) is 4.59. The first-order valence-electron chi connectivity index (χ1n) is 9.64. The molecule has 0 aliphatic rings. The quantitative estimate of drug-likeness (QED) is 0.315. The number of nitrogens with one attached hydrogen (secondary N) is 1. The van der Waals surface area contributed by atoms with E-state index in [1.165, 1.54) is 0 Å². The summed E-state index contributed by atoms with van der Waals surface area (Å²) in [6, 6.07) is 21.4. The number of rotatable bonds is 4. The molecule has 2 heterocycles. The van der Waals surface area contributed by atoms with Crippen molar-refractivity contribution in [3.63, 3.8) is 0 Å². The van der Waals surface area contributed by atoms with Crippen molar-refractivity contribution < 1.29 is 9.15 Å². The van der Waals surface area contributed by atoms with Gasteiger partial charge in [0, 0.05) is 22.0 Å². The van der Waals surface area contributed by atoms with Gasteiger partial charge in [-0.1, -0.05) is 35.1 Å². The van der Waals surface area contributed by atoms with Gasteiger partial charge < -0.3 is 9.15 Å². The van der Waals surface area contributed by atoms with Crippen LogP contribution in [0.15, 0.2) is 76.2 Å². The van der Waals surface area contributed by atoms with E-state index in [9.17, 15) is 0 Å². The Morgan fingerprint density at radius 3 is 2.65 bits per heavy atom. The van der Waals surface area contributed by atoms with Crippen LogP contribution in [0.2, 0.25) is 5.02 Å². The number of hydrogen-bond donors (Lipinski definition) is 1. The lowest BCUT2D eigenvalue weighted by atomic mass is 10.1. The fourth-order valence-electron chi connectivity index (χ4n) is 3.31. The van der Waals surface area contributed by atoms with Crippen molar-refractivity contribution in [3.8, 4) is 17.1 Å². The molecule has 0 amide bonds. The Balaban J connectivity index is 1.64. The van der Waals surface area contributed by atoms with E-state index < -0.39 is 0 Å². The zero-order valence-corrected chi connectivity index (χ0v) is 18.4. The van der Waals surface area contributed by atoms with Gasteiger partial charge in [0.1, 0.15) is 17.1 Å². The van der Waals surface area contributed by atoms with Crippen molar-refractivity contribution in [1.29, 1.82) is 0 Å². The van der Waals surface area contributed by atoms with Gasteiger partial charge in [-0.2, -0.15) is 5.10 Å². The molecule has 0 fully saturated rings. The van der Waals surface area contributed by atoms with Crippen molar-refractivity contribution in [2.24, 2.45) is 5.10 Å². The van der Waals surface area contributed by atoms with Crippen LogP contribution in [-0.4, -0.2) is 12.1 Å². The molecule has 7 heteroatoms. The van der Waals surface area contributed by atoms with E-state index in [1.807, 2.05) is 73.7 Å². The number of aryl methyl sites for hydroxylation is 1. The van der Waals surface area contributed by atoms with Gasteiger partial charge in [-0.05, 0) is 61.0 Å². The van der Waals surface area contributed by atoms with Crippen LogP contribution in [0.4, 0.5) is 5.13 Å². The molecule has 0 saturated heterocycles. The summed E-state index contributed by atoms with van der Waals surface area (Å²) >= 11 is 7.95. The Kier molecular flexibility index (Phi) is 5.10.